The lowest BCUT2D eigenvalue weighted by molar-refractivity contribution is -0.138. The molecule has 5 heterocycles. The number of alkyl halides is 3. The Morgan fingerprint density at radius 1 is 1.11 bits per heavy atom. The average molecular weight is 500 g/mol. The molecule has 2 aliphatic heterocycles. The highest BCUT2D eigenvalue weighted by molar-refractivity contribution is 5.78. The van der Waals surface area contributed by atoms with E-state index in [0.717, 1.165) is 42.3 Å². The second-order valence-corrected chi connectivity index (χ2v) is 9.50. The lowest BCUT2D eigenvalue weighted by Crippen LogP contribution is -2.59. The van der Waals surface area contributed by atoms with E-state index in [0.29, 0.717) is 31.9 Å². The standard InChI is InChI=1S/C25H28F3N7O/c1-17-12-33(21-4-3-8-29-11-21)13-18(2)34(17)16-24(36)32-9-7-22-19(14-32)15-35(31-22)23-6-5-20(10-30-23)25(26,27)28/h3-6,8,10-11,15,17-18H,7,9,12-14,16H2,1-2H3/t17-,18+. The number of carbonyl (C=O) groups excluding carboxylic acids is 1. The third kappa shape index (κ3) is 4.92. The van der Waals surface area contributed by atoms with Gasteiger partial charge in [0.2, 0.25) is 5.91 Å². The summed E-state index contributed by atoms with van der Waals surface area (Å²) in [6, 6.07) is 6.69. The van der Waals surface area contributed by atoms with Crippen LogP contribution in [0, 0.1) is 0 Å². The molecule has 36 heavy (non-hydrogen) atoms. The van der Waals surface area contributed by atoms with Crippen molar-refractivity contribution in [2.75, 3.05) is 31.1 Å². The summed E-state index contributed by atoms with van der Waals surface area (Å²) >= 11 is 0. The van der Waals surface area contributed by atoms with Gasteiger partial charge in [0.05, 0.1) is 29.7 Å². The van der Waals surface area contributed by atoms with Gasteiger partial charge in [-0.25, -0.2) is 9.67 Å². The molecule has 0 unspecified atom stereocenters. The minimum absolute atomic E-state index is 0.0644. The Morgan fingerprint density at radius 3 is 2.53 bits per heavy atom. The van der Waals surface area contributed by atoms with Crippen LogP contribution in [0.5, 0.6) is 0 Å². The first kappa shape index (κ1) is 24.2. The molecule has 0 saturated carbocycles. The van der Waals surface area contributed by atoms with Gasteiger partial charge in [0.25, 0.3) is 0 Å². The highest BCUT2D eigenvalue weighted by Crippen LogP contribution is 2.29. The van der Waals surface area contributed by atoms with Crippen LogP contribution in [0.25, 0.3) is 5.82 Å². The van der Waals surface area contributed by atoms with Crippen molar-refractivity contribution in [2.24, 2.45) is 0 Å². The maximum atomic E-state index is 13.2. The predicted octanol–water partition coefficient (Wildman–Crippen LogP) is 3.17. The van der Waals surface area contributed by atoms with Crippen molar-refractivity contribution in [3.05, 3.63) is 65.9 Å². The Bertz CT molecular complexity index is 1200. The quantitative estimate of drug-likeness (QED) is 0.549. The highest BCUT2D eigenvalue weighted by atomic mass is 19.4. The molecule has 1 fully saturated rings. The number of amides is 1. The molecule has 3 aromatic rings. The second-order valence-electron chi connectivity index (χ2n) is 9.50. The monoisotopic (exact) mass is 499 g/mol. The smallest absolute Gasteiger partial charge is 0.367 e. The van der Waals surface area contributed by atoms with Crippen LogP contribution in [0.15, 0.2) is 49.1 Å². The molecule has 190 valence electrons. The third-order valence-corrected chi connectivity index (χ3v) is 6.95. The van der Waals surface area contributed by atoms with Crippen molar-refractivity contribution in [3.63, 3.8) is 0 Å². The fourth-order valence-corrected chi connectivity index (χ4v) is 5.01. The zero-order valence-corrected chi connectivity index (χ0v) is 20.2. The fourth-order valence-electron chi connectivity index (χ4n) is 5.01. The van der Waals surface area contributed by atoms with Crippen LogP contribution < -0.4 is 4.90 Å². The van der Waals surface area contributed by atoms with Gasteiger partial charge in [-0.1, -0.05) is 0 Å². The molecule has 0 N–H and O–H groups in total. The summed E-state index contributed by atoms with van der Waals surface area (Å²) in [7, 11) is 0. The molecule has 1 amide bonds. The average Bonchev–Trinajstić information content (AvgIpc) is 3.29. The number of halogens is 3. The van der Waals surface area contributed by atoms with Crippen LogP contribution in [0.3, 0.4) is 0 Å². The number of pyridine rings is 2. The molecular weight excluding hydrogens is 471 g/mol. The zero-order chi connectivity index (χ0) is 25.4. The minimum Gasteiger partial charge on any atom is -0.367 e. The van der Waals surface area contributed by atoms with Crippen LogP contribution in [0.2, 0.25) is 0 Å². The lowest BCUT2D eigenvalue weighted by Gasteiger charge is -2.45. The molecule has 5 rings (SSSR count). The van der Waals surface area contributed by atoms with E-state index in [1.165, 1.54) is 10.7 Å². The number of nitrogens with zero attached hydrogens (tertiary/aromatic N) is 7. The summed E-state index contributed by atoms with van der Waals surface area (Å²) < 4.78 is 40.0. The zero-order valence-electron chi connectivity index (χ0n) is 20.2. The summed E-state index contributed by atoms with van der Waals surface area (Å²) in [5.74, 6) is 0.374. The summed E-state index contributed by atoms with van der Waals surface area (Å²) in [4.78, 5) is 27.8. The van der Waals surface area contributed by atoms with Crippen molar-refractivity contribution in [1.29, 1.82) is 0 Å². The summed E-state index contributed by atoms with van der Waals surface area (Å²) in [5.41, 5.74) is 2.02. The fraction of sp³-hybridized carbons (Fsp3) is 0.440. The Kier molecular flexibility index (Phi) is 6.42. The summed E-state index contributed by atoms with van der Waals surface area (Å²) in [6.07, 6.45) is 2.35. The van der Waals surface area contributed by atoms with Crippen molar-refractivity contribution in [3.8, 4) is 5.82 Å². The number of rotatable bonds is 4. The molecule has 0 spiro atoms. The highest BCUT2D eigenvalue weighted by Gasteiger charge is 2.33. The van der Waals surface area contributed by atoms with E-state index >= 15 is 0 Å². The molecular formula is C25H28F3N7O. The van der Waals surface area contributed by atoms with Gasteiger partial charge >= 0.3 is 6.18 Å². The van der Waals surface area contributed by atoms with E-state index in [1.54, 1.807) is 12.4 Å². The van der Waals surface area contributed by atoms with Crippen molar-refractivity contribution >= 4 is 11.6 Å². The molecule has 0 aliphatic carbocycles. The van der Waals surface area contributed by atoms with Crippen LogP contribution in [0.1, 0.15) is 30.7 Å². The topological polar surface area (TPSA) is 70.4 Å². The van der Waals surface area contributed by atoms with E-state index in [1.807, 2.05) is 17.2 Å². The Hall–Kier alpha value is -3.47. The lowest BCUT2D eigenvalue weighted by atomic mass is 10.1. The van der Waals surface area contributed by atoms with E-state index in [9.17, 15) is 18.0 Å². The first-order chi connectivity index (χ1) is 17.2. The molecule has 0 bridgehead atoms. The number of hydrogen-bond acceptors (Lipinski definition) is 6. The third-order valence-electron chi connectivity index (χ3n) is 6.95. The second kappa shape index (κ2) is 9.53. The number of anilines is 1. The number of fused-ring (bicyclic) bond motifs is 1. The van der Waals surface area contributed by atoms with E-state index in [4.69, 9.17) is 0 Å². The van der Waals surface area contributed by atoms with Gasteiger partial charge in [-0.05, 0) is 38.1 Å². The van der Waals surface area contributed by atoms with Gasteiger partial charge in [0, 0.05) is 68.8 Å². The van der Waals surface area contributed by atoms with Gasteiger partial charge in [-0.2, -0.15) is 18.3 Å². The first-order valence-corrected chi connectivity index (χ1v) is 12.0. The minimum atomic E-state index is -4.43. The van der Waals surface area contributed by atoms with Gasteiger partial charge in [-0.3, -0.25) is 14.7 Å². The molecule has 3 aromatic heterocycles. The van der Waals surface area contributed by atoms with Crippen LogP contribution >= 0.6 is 0 Å². The van der Waals surface area contributed by atoms with Crippen molar-refractivity contribution in [2.45, 2.75) is 45.1 Å². The Morgan fingerprint density at radius 2 is 1.89 bits per heavy atom. The van der Waals surface area contributed by atoms with Crippen molar-refractivity contribution in [1.82, 2.24) is 29.5 Å². The van der Waals surface area contributed by atoms with Crippen molar-refractivity contribution < 1.29 is 18.0 Å². The first-order valence-electron chi connectivity index (χ1n) is 12.0. The van der Waals surface area contributed by atoms with Gasteiger partial charge in [-0.15, -0.1) is 0 Å². The van der Waals surface area contributed by atoms with Gasteiger partial charge in [0.15, 0.2) is 5.82 Å². The van der Waals surface area contributed by atoms with Crippen LogP contribution in [0.4, 0.5) is 18.9 Å². The number of aromatic nitrogens is 4. The Labute approximate surface area is 207 Å². The molecule has 2 aliphatic rings. The number of piperazine rings is 1. The van der Waals surface area contributed by atoms with Gasteiger partial charge in [0.1, 0.15) is 0 Å². The van der Waals surface area contributed by atoms with Crippen LogP contribution in [-0.2, 0) is 23.9 Å². The molecule has 11 heteroatoms. The normalized spacial score (nSPS) is 20.9. The largest absolute Gasteiger partial charge is 0.417 e. The molecule has 0 radical (unpaired) electrons. The molecule has 8 nitrogen and oxygen atoms in total. The maximum absolute atomic E-state index is 13.2. The maximum Gasteiger partial charge on any atom is 0.417 e. The summed E-state index contributed by atoms with van der Waals surface area (Å²) in [6.45, 7) is 7.24. The van der Waals surface area contributed by atoms with E-state index < -0.39 is 11.7 Å². The van der Waals surface area contributed by atoms with E-state index in [-0.39, 0.29) is 18.0 Å². The van der Waals surface area contributed by atoms with E-state index in [2.05, 4.69) is 44.8 Å². The predicted molar refractivity (Wildman–Crippen MR) is 128 cm³/mol. The Balaban J connectivity index is 1.22. The van der Waals surface area contributed by atoms with Gasteiger partial charge < -0.3 is 9.80 Å². The number of hydrogen-bond donors (Lipinski definition) is 0. The number of carbonyl (C=O) groups is 1. The molecule has 0 aromatic carbocycles. The molecule has 2 atom stereocenters. The summed E-state index contributed by atoms with van der Waals surface area (Å²) in [5, 5.41) is 4.50. The van der Waals surface area contributed by atoms with Crippen LogP contribution in [-0.4, -0.2) is 73.7 Å². The molecule has 1 saturated heterocycles. The SMILES string of the molecule is C[C@@H]1CN(c2cccnc2)C[C@H](C)N1CC(=O)N1CCc2nn(-c3ccc(C(F)(F)F)cn3)cc2C1.